The SMILES string of the molecule is CNC(=O)c1ccc(NC(=O)C(NC(=O)C2CCCCC2)C(C)C)cc1. The minimum absolute atomic E-state index is 0.0182. The van der Waals surface area contributed by atoms with Gasteiger partial charge in [-0.1, -0.05) is 33.1 Å². The van der Waals surface area contributed by atoms with Crippen molar-refractivity contribution in [2.24, 2.45) is 11.8 Å². The van der Waals surface area contributed by atoms with Crippen molar-refractivity contribution in [3.05, 3.63) is 29.8 Å². The van der Waals surface area contributed by atoms with Crippen LogP contribution in [0.1, 0.15) is 56.3 Å². The molecule has 6 nitrogen and oxygen atoms in total. The first kappa shape index (κ1) is 19.9. The van der Waals surface area contributed by atoms with Crippen LogP contribution in [-0.4, -0.2) is 30.8 Å². The van der Waals surface area contributed by atoms with Gasteiger partial charge in [0.15, 0.2) is 0 Å². The normalized spacial score (nSPS) is 16.0. The molecule has 0 aliphatic heterocycles. The van der Waals surface area contributed by atoms with Crippen molar-refractivity contribution in [3.63, 3.8) is 0 Å². The lowest BCUT2D eigenvalue weighted by Gasteiger charge is -2.26. The lowest BCUT2D eigenvalue weighted by Crippen LogP contribution is -2.49. The van der Waals surface area contributed by atoms with E-state index in [1.165, 1.54) is 6.42 Å². The fraction of sp³-hybridized carbons (Fsp3) is 0.550. The molecule has 1 aliphatic rings. The second-order valence-electron chi connectivity index (χ2n) is 7.21. The van der Waals surface area contributed by atoms with E-state index in [0.717, 1.165) is 25.7 Å². The number of hydrogen-bond acceptors (Lipinski definition) is 3. The van der Waals surface area contributed by atoms with E-state index < -0.39 is 6.04 Å². The molecule has 3 amide bonds. The zero-order chi connectivity index (χ0) is 19.1. The Hall–Kier alpha value is -2.37. The standard InChI is InChI=1S/C20H29N3O3/c1-13(2)17(23-19(25)14-7-5-4-6-8-14)20(26)22-16-11-9-15(10-12-16)18(24)21-3/h9-14,17H,4-8H2,1-3H3,(H,21,24)(H,22,26)(H,23,25). The Balaban J connectivity index is 1.99. The number of benzene rings is 1. The summed E-state index contributed by atoms with van der Waals surface area (Å²) in [4.78, 5) is 36.7. The van der Waals surface area contributed by atoms with Gasteiger partial charge in [0.1, 0.15) is 6.04 Å². The van der Waals surface area contributed by atoms with E-state index in [9.17, 15) is 14.4 Å². The van der Waals surface area contributed by atoms with E-state index in [-0.39, 0.29) is 29.6 Å². The van der Waals surface area contributed by atoms with Gasteiger partial charge >= 0.3 is 0 Å². The molecule has 0 heterocycles. The molecule has 1 saturated carbocycles. The van der Waals surface area contributed by atoms with Gasteiger partial charge in [0, 0.05) is 24.2 Å². The molecule has 6 heteroatoms. The van der Waals surface area contributed by atoms with Crippen LogP contribution in [-0.2, 0) is 9.59 Å². The van der Waals surface area contributed by atoms with Crippen molar-refractivity contribution in [2.75, 3.05) is 12.4 Å². The van der Waals surface area contributed by atoms with Crippen LogP contribution in [0.4, 0.5) is 5.69 Å². The van der Waals surface area contributed by atoms with Crippen molar-refractivity contribution < 1.29 is 14.4 Å². The summed E-state index contributed by atoms with van der Waals surface area (Å²) in [5, 5.41) is 8.31. The Kier molecular flexibility index (Phi) is 7.18. The number of nitrogens with one attached hydrogen (secondary N) is 3. The molecule has 2 rings (SSSR count). The monoisotopic (exact) mass is 359 g/mol. The summed E-state index contributed by atoms with van der Waals surface area (Å²) >= 11 is 0. The van der Waals surface area contributed by atoms with Crippen molar-refractivity contribution >= 4 is 23.4 Å². The molecule has 0 saturated heterocycles. The Labute approximate surface area is 155 Å². The number of anilines is 1. The van der Waals surface area contributed by atoms with Crippen molar-refractivity contribution in [1.29, 1.82) is 0 Å². The lowest BCUT2D eigenvalue weighted by molar-refractivity contribution is -0.130. The molecule has 1 atom stereocenters. The summed E-state index contributed by atoms with van der Waals surface area (Å²) in [5.74, 6) is -0.439. The van der Waals surface area contributed by atoms with Crippen LogP contribution in [0, 0.1) is 11.8 Å². The third-order valence-corrected chi connectivity index (χ3v) is 4.86. The van der Waals surface area contributed by atoms with Gasteiger partial charge in [-0.15, -0.1) is 0 Å². The first-order valence-electron chi connectivity index (χ1n) is 9.35. The first-order chi connectivity index (χ1) is 12.4. The molecule has 0 radical (unpaired) electrons. The molecule has 26 heavy (non-hydrogen) atoms. The van der Waals surface area contributed by atoms with Gasteiger partial charge in [0.25, 0.3) is 5.91 Å². The third kappa shape index (κ3) is 5.31. The molecule has 142 valence electrons. The summed E-state index contributed by atoms with van der Waals surface area (Å²) in [6.07, 6.45) is 5.14. The van der Waals surface area contributed by atoms with Gasteiger partial charge in [-0.2, -0.15) is 0 Å². The molecule has 0 spiro atoms. The van der Waals surface area contributed by atoms with Crippen LogP contribution >= 0.6 is 0 Å². The van der Waals surface area contributed by atoms with Crippen LogP contribution < -0.4 is 16.0 Å². The van der Waals surface area contributed by atoms with Gasteiger partial charge in [-0.3, -0.25) is 14.4 Å². The molecular formula is C20H29N3O3. The van der Waals surface area contributed by atoms with Crippen molar-refractivity contribution in [2.45, 2.75) is 52.0 Å². The summed E-state index contributed by atoms with van der Waals surface area (Å²) in [7, 11) is 1.57. The average molecular weight is 359 g/mol. The number of carbonyl (C=O) groups excluding carboxylic acids is 3. The zero-order valence-electron chi connectivity index (χ0n) is 15.8. The van der Waals surface area contributed by atoms with Gasteiger partial charge in [-0.25, -0.2) is 0 Å². The van der Waals surface area contributed by atoms with Crippen LogP contribution in [0.3, 0.4) is 0 Å². The van der Waals surface area contributed by atoms with E-state index in [4.69, 9.17) is 0 Å². The number of carbonyl (C=O) groups is 3. The number of rotatable bonds is 6. The maximum atomic E-state index is 12.6. The summed E-state index contributed by atoms with van der Waals surface area (Å²) in [5.41, 5.74) is 1.12. The second-order valence-corrected chi connectivity index (χ2v) is 7.21. The second kappa shape index (κ2) is 9.36. The molecule has 1 unspecified atom stereocenters. The highest BCUT2D eigenvalue weighted by molar-refractivity contribution is 5.98. The maximum absolute atomic E-state index is 12.6. The topological polar surface area (TPSA) is 87.3 Å². The fourth-order valence-corrected chi connectivity index (χ4v) is 3.24. The highest BCUT2D eigenvalue weighted by atomic mass is 16.2. The molecule has 0 aromatic heterocycles. The van der Waals surface area contributed by atoms with Crippen LogP contribution in [0.15, 0.2) is 24.3 Å². The van der Waals surface area contributed by atoms with Gasteiger partial charge < -0.3 is 16.0 Å². The fourth-order valence-electron chi connectivity index (χ4n) is 3.24. The largest absolute Gasteiger partial charge is 0.355 e. The van der Waals surface area contributed by atoms with Gasteiger partial charge in [0.05, 0.1) is 0 Å². The minimum atomic E-state index is -0.581. The summed E-state index contributed by atoms with van der Waals surface area (Å²) in [6.45, 7) is 3.83. The molecule has 3 N–H and O–H groups in total. The lowest BCUT2D eigenvalue weighted by atomic mass is 9.88. The molecule has 1 aromatic carbocycles. The van der Waals surface area contributed by atoms with E-state index >= 15 is 0 Å². The molecule has 0 bridgehead atoms. The van der Waals surface area contributed by atoms with Crippen LogP contribution in [0.5, 0.6) is 0 Å². The summed E-state index contributed by atoms with van der Waals surface area (Å²) in [6, 6.07) is 6.09. The highest BCUT2D eigenvalue weighted by Gasteiger charge is 2.28. The molecule has 1 aromatic rings. The average Bonchev–Trinajstić information content (AvgIpc) is 2.66. The van der Waals surface area contributed by atoms with Crippen molar-refractivity contribution in [1.82, 2.24) is 10.6 Å². The Morgan fingerprint density at radius 3 is 2.15 bits per heavy atom. The van der Waals surface area contributed by atoms with Gasteiger partial charge in [0.2, 0.25) is 11.8 Å². The minimum Gasteiger partial charge on any atom is -0.355 e. The van der Waals surface area contributed by atoms with E-state index in [1.54, 1.807) is 31.3 Å². The maximum Gasteiger partial charge on any atom is 0.251 e. The van der Waals surface area contributed by atoms with Gasteiger partial charge in [-0.05, 0) is 43.0 Å². The van der Waals surface area contributed by atoms with Crippen molar-refractivity contribution in [3.8, 4) is 0 Å². The van der Waals surface area contributed by atoms with E-state index in [2.05, 4.69) is 16.0 Å². The molecule has 1 aliphatic carbocycles. The van der Waals surface area contributed by atoms with E-state index in [1.807, 2.05) is 13.8 Å². The predicted octanol–water partition coefficient (Wildman–Crippen LogP) is 2.71. The highest BCUT2D eigenvalue weighted by Crippen LogP contribution is 2.24. The zero-order valence-corrected chi connectivity index (χ0v) is 15.8. The Morgan fingerprint density at radius 2 is 1.62 bits per heavy atom. The number of amides is 3. The quantitative estimate of drug-likeness (QED) is 0.730. The smallest absolute Gasteiger partial charge is 0.251 e. The number of hydrogen-bond donors (Lipinski definition) is 3. The van der Waals surface area contributed by atoms with E-state index in [0.29, 0.717) is 11.3 Å². The summed E-state index contributed by atoms with van der Waals surface area (Å²) < 4.78 is 0. The third-order valence-electron chi connectivity index (χ3n) is 4.86. The predicted molar refractivity (Wildman–Crippen MR) is 102 cm³/mol. The van der Waals surface area contributed by atoms with Crippen LogP contribution in [0.25, 0.3) is 0 Å². The molecular weight excluding hydrogens is 330 g/mol. The Bertz CT molecular complexity index is 634. The molecule has 1 fully saturated rings. The first-order valence-corrected chi connectivity index (χ1v) is 9.35. The van der Waals surface area contributed by atoms with Crippen LogP contribution in [0.2, 0.25) is 0 Å². The Morgan fingerprint density at radius 1 is 1.00 bits per heavy atom.